The zero-order valence-corrected chi connectivity index (χ0v) is 17.5. The summed E-state index contributed by atoms with van der Waals surface area (Å²) in [7, 11) is 0. The van der Waals surface area contributed by atoms with Crippen molar-refractivity contribution >= 4 is 33.8 Å². The van der Waals surface area contributed by atoms with E-state index in [-0.39, 0.29) is 24.6 Å². The van der Waals surface area contributed by atoms with E-state index < -0.39 is 0 Å². The molecule has 0 saturated carbocycles. The van der Waals surface area contributed by atoms with Crippen molar-refractivity contribution in [2.24, 2.45) is 0 Å². The summed E-state index contributed by atoms with van der Waals surface area (Å²) in [6.07, 6.45) is 0. The molecule has 4 rings (SSSR count). The molecule has 2 heterocycles. The standard InChI is InChI=1S/C21H17ClN4O3S/c1-13-4-2-3-5-17(13)20-25-26-19(28)10-15(24-21(26)30-20)11-23-18(27)12-29-16-8-6-14(22)7-9-16/h2-10H,11-12H2,1H3,(H,23,27). The van der Waals surface area contributed by atoms with Crippen LogP contribution in [0.15, 0.2) is 59.4 Å². The summed E-state index contributed by atoms with van der Waals surface area (Å²) in [5.74, 6) is 0.220. The molecular weight excluding hydrogens is 424 g/mol. The molecule has 1 N–H and O–H groups in total. The van der Waals surface area contributed by atoms with Gasteiger partial charge in [0.25, 0.3) is 11.5 Å². The highest BCUT2D eigenvalue weighted by molar-refractivity contribution is 7.19. The number of rotatable bonds is 6. The molecule has 0 aliphatic heterocycles. The smallest absolute Gasteiger partial charge is 0.275 e. The largest absolute Gasteiger partial charge is 0.484 e. The predicted molar refractivity (Wildman–Crippen MR) is 116 cm³/mol. The first-order valence-electron chi connectivity index (χ1n) is 9.10. The Kier molecular flexibility index (Phi) is 5.78. The lowest BCUT2D eigenvalue weighted by atomic mass is 10.1. The number of hydrogen-bond donors (Lipinski definition) is 1. The van der Waals surface area contributed by atoms with E-state index in [1.165, 1.54) is 21.9 Å². The predicted octanol–water partition coefficient (Wildman–Crippen LogP) is 3.48. The van der Waals surface area contributed by atoms with Crippen LogP contribution in [0.2, 0.25) is 5.02 Å². The molecule has 0 spiro atoms. The molecule has 0 bridgehead atoms. The normalized spacial score (nSPS) is 10.9. The second-order valence-corrected chi connectivity index (χ2v) is 7.91. The number of carbonyl (C=O) groups excluding carboxylic acids is 1. The van der Waals surface area contributed by atoms with Crippen molar-refractivity contribution in [2.45, 2.75) is 13.5 Å². The van der Waals surface area contributed by atoms with Gasteiger partial charge in [0.15, 0.2) is 6.61 Å². The van der Waals surface area contributed by atoms with Gasteiger partial charge in [0, 0.05) is 16.7 Å². The molecule has 2 aromatic heterocycles. The van der Waals surface area contributed by atoms with Crippen molar-refractivity contribution in [3.63, 3.8) is 0 Å². The van der Waals surface area contributed by atoms with Crippen LogP contribution in [0.25, 0.3) is 15.5 Å². The molecule has 152 valence electrons. The first-order chi connectivity index (χ1) is 14.5. The maximum atomic E-state index is 12.4. The molecule has 1 amide bonds. The second kappa shape index (κ2) is 8.64. The van der Waals surface area contributed by atoms with Gasteiger partial charge in [0.2, 0.25) is 4.96 Å². The van der Waals surface area contributed by atoms with Crippen molar-refractivity contribution in [3.8, 4) is 16.3 Å². The number of hydrogen-bond acceptors (Lipinski definition) is 6. The topological polar surface area (TPSA) is 85.6 Å². The maximum absolute atomic E-state index is 12.4. The monoisotopic (exact) mass is 440 g/mol. The van der Waals surface area contributed by atoms with Gasteiger partial charge in [-0.3, -0.25) is 9.59 Å². The number of nitrogens with zero attached hydrogens (tertiary/aromatic N) is 3. The summed E-state index contributed by atoms with van der Waals surface area (Å²) in [6.45, 7) is 1.96. The summed E-state index contributed by atoms with van der Waals surface area (Å²) in [5.41, 5.74) is 2.19. The Morgan fingerprint density at radius 3 is 2.73 bits per heavy atom. The fourth-order valence-electron chi connectivity index (χ4n) is 2.79. The minimum atomic E-state index is -0.322. The third kappa shape index (κ3) is 4.50. The summed E-state index contributed by atoms with van der Waals surface area (Å²) < 4.78 is 6.68. The number of halogens is 1. The molecule has 0 fully saturated rings. The van der Waals surface area contributed by atoms with Gasteiger partial charge in [0.1, 0.15) is 10.8 Å². The van der Waals surface area contributed by atoms with Gasteiger partial charge in [0.05, 0.1) is 12.2 Å². The van der Waals surface area contributed by atoms with E-state index in [2.05, 4.69) is 15.4 Å². The highest BCUT2D eigenvalue weighted by Gasteiger charge is 2.12. The van der Waals surface area contributed by atoms with Gasteiger partial charge in [-0.2, -0.15) is 9.61 Å². The number of aromatic nitrogens is 3. The number of amides is 1. The van der Waals surface area contributed by atoms with Gasteiger partial charge in [-0.15, -0.1) is 0 Å². The van der Waals surface area contributed by atoms with Crippen LogP contribution in [-0.4, -0.2) is 27.1 Å². The van der Waals surface area contributed by atoms with E-state index >= 15 is 0 Å². The Morgan fingerprint density at radius 2 is 1.97 bits per heavy atom. The Labute approximate surface area is 180 Å². The first kappa shape index (κ1) is 20.1. The van der Waals surface area contributed by atoms with E-state index in [0.29, 0.717) is 21.4 Å². The van der Waals surface area contributed by atoms with Crippen molar-refractivity contribution < 1.29 is 9.53 Å². The van der Waals surface area contributed by atoms with Crippen LogP contribution in [0, 0.1) is 6.92 Å². The van der Waals surface area contributed by atoms with Gasteiger partial charge in [-0.1, -0.05) is 47.2 Å². The molecular formula is C21H17ClN4O3S. The van der Waals surface area contributed by atoms with Crippen molar-refractivity contribution in [3.05, 3.63) is 81.2 Å². The molecule has 2 aromatic carbocycles. The Balaban J connectivity index is 1.44. The van der Waals surface area contributed by atoms with Crippen LogP contribution in [0.3, 0.4) is 0 Å². The highest BCUT2D eigenvalue weighted by Crippen LogP contribution is 2.26. The lowest BCUT2D eigenvalue weighted by molar-refractivity contribution is -0.123. The molecule has 0 aliphatic rings. The van der Waals surface area contributed by atoms with Gasteiger partial charge in [-0.25, -0.2) is 4.98 Å². The molecule has 0 aliphatic carbocycles. The van der Waals surface area contributed by atoms with Crippen LogP contribution < -0.4 is 15.6 Å². The SMILES string of the molecule is Cc1ccccc1-c1nn2c(=O)cc(CNC(=O)COc3ccc(Cl)cc3)nc2s1. The maximum Gasteiger partial charge on any atom is 0.275 e. The lowest BCUT2D eigenvalue weighted by Crippen LogP contribution is -2.29. The van der Waals surface area contributed by atoms with Crippen LogP contribution in [0.1, 0.15) is 11.3 Å². The molecule has 30 heavy (non-hydrogen) atoms. The summed E-state index contributed by atoms with van der Waals surface area (Å²) in [6, 6.07) is 15.9. The number of benzene rings is 2. The van der Waals surface area contributed by atoms with Crippen molar-refractivity contribution in [1.29, 1.82) is 0 Å². The molecule has 7 nitrogen and oxygen atoms in total. The third-order valence-electron chi connectivity index (χ3n) is 4.32. The van der Waals surface area contributed by atoms with E-state index in [0.717, 1.165) is 16.1 Å². The molecule has 0 unspecified atom stereocenters. The van der Waals surface area contributed by atoms with Crippen molar-refractivity contribution in [2.75, 3.05) is 6.61 Å². The zero-order valence-electron chi connectivity index (χ0n) is 16.0. The van der Waals surface area contributed by atoms with Gasteiger partial charge < -0.3 is 10.1 Å². The lowest BCUT2D eigenvalue weighted by Gasteiger charge is -2.07. The number of ether oxygens (including phenoxy) is 1. The molecule has 9 heteroatoms. The van der Waals surface area contributed by atoms with Crippen LogP contribution in [0.5, 0.6) is 5.75 Å². The number of carbonyl (C=O) groups is 1. The Bertz CT molecular complexity index is 1270. The second-order valence-electron chi connectivity index (χ2n) is 6.52. The van der Waals surface area contributed by atoms with Gasteiger partial charge >= 0.3 is 0 Å². The van der Waals surface area contributed by atoms with Gasteiger partial charge in [-0.05, 0) is 36.8 Å². The van der Waals surface area contributed by atoms with E-state index in [9.17, 15) is 9.59 Å². The first-order valence-corrected chi connectivity index (χ1v) is 10.3. The fraction of sp³-hybridized carbons (Fsp3) is 0.143. The minimum Gasteiger partial charge on any atom is -0.484 e. The van der Waals surface area contributed by atoms with Crippen LogP contribution in [-0.2, 0) is 11.3 Å². The zero-order chi connectivity index (χ0) is 21.1. The average molecular weight is 441 g/mol. The molecule has 0 radical (unpaired) electrons. The number of aryl methyl sites for hydroxylation is 1. The van der Waals surface area contributed by atoms with E-state index in [1.807, 2.05) is 31.2 Å². The average Bonchev–Trinajstić information content (AvgIpc) is 3.17. The number of nitrogens with one attached hydrogen (secondary N) is 1. The van der Waals surface area contributed by atoms with Crippen LogP contribution in [0.4, 0.5) is 0 Å². The van der Waals surface area contributed by atoms with Crippen LogP contribution >= 0.6 is 22.9 Å². The fourth-order valence-corrected chi connectivity index (χ4v) is 3.93. The molecule has 0 saturated heterocycles. The summed E-state index contributed by atoms with van der Waals surface area (Å²) in [5, 5.41) is 8.40. The highest BCUT2D eigenvalue weighted by atomic mass is 35.5. The Hall–Kier alpha value is -3.23. The minimum absolute atomic E-state index is 0.117. The van der Waals surface area contributed by atoms with E-state index in [1.54, 1.807) is 24.3 Å². The third-order valence-corrected chi connectivity index (χ3v) is 5.52. The Morgan fingerprint density at radius 1 is 1.20 bits per heavy atom. The molecule has 4 aromatic rings. The summed E-state index contributed by atoms with van der Waals surface area (Å²) in [4.78, 5) is 29.4. The molecule has 0 atom stereocenters. The summed E-state index contributed by atoms with van der Waals surface area (Å²) >= 11 is 7.15. The quantitative estimate of drug-likeness (QED) is 0.496. The van der Waals surface area contributed by atoms with Crippen molar-refractivity contribution in [1.82, 2.24) is 19.9 Å². The number of fused-ring (bicyclic) bond motifs is 1. The van der Waals surface area contributed by atoms with E-state index in [4.69, 9.17) is 16.3 Å².